The first-order chi connectivity index (χ1) is 12.8. The third kappa shape index (κ3) is 5.21. The summed E-state index contributed by atoms with van der Waals surface area (Å²) in [6.45, 7) is 5.60. The Bertz CT molecular complexity index is 1080. The van der Waals surface area contributed by atoms with Crippen molar-refractivity contribution in [2.75, 3.05) is 25.2 Å². The molecule has 0 unspecified atom stereocenters. The van der Waals surface area contributed by atoms with Crippen LogP contribution >= 0.6 is 0 Å². The molecule has 0 fully saturated rings. The number of rotatable bonds is 7. The van der Waals surface area contributed by atoms with E-state index in [0.717, 1.165) is 21.0 Å². The zero-order chi connectivity index (χ0) is 21.3. The van der Waals surface area contributed by atoms with Crippen molar-refractivity contribution in [1.29, 1.82) is 0 Å². The van der Waals surface area contributed by atoms with Gasteiger partial charge in [-0.2, -0.15) is 0 Å². The topological polar surface area (TPSA) is 114 Å². The maximum absolute atomic E-state index is 12.3. The molecule has 0 aliphatic heterocycles. The van der Waals surface area contributed by atoms with Gasteiger partial charge in [0.25, 0.3) is 10.0 Å². The van der Waals surface area contributed by atoms with Gasteiger partial charge in [0, 0.05) is 19.8 Å². The van der Waals surface area contributed by atoms with Crippen molar-refractivity contribution < 1.29 is 26.0 Å². The SMILES string of the molecule is Cc1cc(C)c(NC(=O)CS(=O)(=O)Cc2ccc(S(=O)(=O)N(C)C)o2)c(C)c1. The summed E-state index contributed by atoms with van der Waals surface area (Å²) in [5.74, 6) is -2.02. The van der Waals surface area contributed by atoms with Gasteiger partial charge in [-0.1, -0.05) is 17.7 Å². The van der Waals surface area contributed by atoms with Gasteiger partial charge in [-0.25, -0.2) is 21.1 Å². The molecule has 28 heavy (non-hydrogen) atoms. The minimum absolute atomic E-state index is 0.0454. The number of anilines is 1. The van der Waals surface area contributed by atoms with Gasteiger partial charge < -0.3 is 9.73 Å². The van der Waals surface area contributed by atoms with Crippen LogP contribution in [0.5, 0.6) is 0 Å². The number of carbonyl (C=O) groups is 1. The van der Waals surface area contributed by atoms with E-state index < -0.39 is 37.3 Å². The Kier molecular flexibility index (Phi) is 6.37. The average molecular weight is 429 g/mol. The van der Waals surface area contributed by atoms with Gasteiger partial charge in [0.15, 0.2) is 9.84 Å². The summed E-state index contributed by atoms with van der Waals surface area (Å²) in [6, 6.07) is 6.26. The quantitative estimate of drug-likeness (QED) is 0.722. The molecule has 154 valence electrons. The summed E-state index contributed by atoms with van der Waals surface area (Å²) in [6.07, 6.45) is 0. The highest BCUT2D eigenvalue weighted by atomic mass is 32.2. The van der Waals surface area contributed by atoms with Crippen LogP contribution in [0.4, 0.5) is 5.69 Å². The van der Waals surface area contributed by atoms with Crippen molar-refractivity contribution in [2.45, 2.75) is 31.6 Å². The van der Waals surface area contributed by atoms with Crippen LogP contribution in [-0.2, 0) is 30.4 Å². The number of amides is 1. The maximum Gasteiger partial charge on any atom is 0.275 e. The lowest BCUT2D eigenvalue weighted by atomic mass is 10.1. The van der Waals surface area contributed by atoms with E-state index in [2.05, 4.69) is 5.32 Å². The summed E-state index contributed by atoms with van der Waals surface area (Å²) in [5.41, 5.74) is 3.31. The standard InChI is InChI=1S/C18H24N2O6S2/c1-12-8-13(2)18(14(3)9-12)19-16(21)11-27(22,23)10-15-6-7-17(26-15)28(24,25)20(4)5/h6-9H,10-11H2,1-5H3,(H,19,21). The second kappa shape index (κ2) is 8.06. The number of nitrogens with zero attached hydrogens (tertiary/aromatic N) is 1. The number of hydrogen-bond acceptors (Lipinski definition) is 6. The molecule has 1 aromatic heterocycles. The number of aryl methyl sites for hydroxylation is 3. The van der Waals surface area contributed by atoms with Crippen molar-refractivity contribution >= 4 is 31.5 Å². The highest BCUT2D eigenvalue weighted by molar-refractivity contribution is 7.91. The first-order valence-electron chi connectivity index (χ1n) is 8.41. The fourth-order valence-corrected chi connectivity index (χ4v) is 4.75. The van der Waals surface area contributed by atoms with E-state index in [1.807, 2.05) is 32.9 Å². The first-order valence-corrected chi connectivity index (χ1v) is 11.7. The third-order valence-electron chi connectivity index (χ3n) is 4.03. The lowest BCUT2D eigenvalue weighted by Crippen LogP contribution is -2.24. The van der Waals surface area contributed by atoms with E-state index in [0.29, 0.717) is 5.69 Å². The van der Waals surface area contributed by atoms with Crippen molar-refractivity contribution in [3.8, 4) is 0 Å². The minimum Gasteiger partial charge on any atom is -0.447 e. The number of sulfonamides is 1. The molecule has 1 heterocycles. The van der Waals surface area contributed by atoms with Crippen LogP contribution in [0.15, 0.2) is 33.8 Å². The molecule has 1 amide bonds. The zero-order valence-corrected chi connectivity index (χ0v) is 18.1. The fourth-order valence-electron chi connectivity index (χ4n) is 2.77. The molecular weight excluding hydrogens is 404 g/mol. The lowest BCUT2D eigenvalue weighted by Gasteiger charge is -2.13. The summed E-state index contributed by atoms with van der Waals surface area (Å²) >= 11 is 0. The Labute approximate surface area is 165 Å². The predicted molar refractivity (Wildman–Crippen MR) is 106 cm³/mol. The second-order valence-electron chi connectivity index (χ2n) is 6.86. The summed E-state index contributed by atoms with van der Waals surface area (Å²) < 4.78 is 54.8. The minimum atomic E-state index is -3.85. The number of carbonyl (C=O) groups excluding carboxylic acids is 1. The molecule has 0 saturated heterocycles. The molecule has 0 radical (unpaired) electrons. The zero-order valence-electron chi connectivity index (χ0n) is 16.4. The van der Waals surface area contributed by atoms with Crippen LogP contribution in [0.2, 0.25) is 0 Å². The van der Waals surface area contributed by atoms with E-state index in [1.165, 1.54) is 26.2 Å². The Balaban J connectivity index is 2.11. The van der Waals surface area contributed by atoms with Crippen molar-refractivity contribution in [1.82, 2.24) is 4.31 Å². The average Bonchev–Trinajstić information content (AvgIpc) is 2.98. The molecule has 1 aromatic carbocycles. The first kappa shape index (κ1) is 22.1. The number of nitrogens with one attached hydrogen (secondary N) is 1. The van der Waals surface area contributed by atoms with Gasteiger partial charge >= 0.3 is 0 Å². The number of benzene rings is 1. The van der Waals surface area contributed by atoms with E-state index in [9.17, 15) is 21.6 Å². The molecule has 1 N–H and O–H groups in total. The lowest BCUT2D eigenvalue weighted by molar-refractivity contribution is -0.113. The van der Waals surface area contributed by atoms with E-state index in [-0.39, 0.29) is 10.9 Å². The summed E-state index contributed by atoms with van der Waals surface area (Å²) in [4.78, 5) is 12.2. The maximum atomic E-state index is 12.3. The van der Waals surface area contributed by atoms with Crippen molar-refractivity contribution in [2.24, 2.45) is 0 Å². The predicted octanol–water partition coefficient (Wildman–Crippen LogP) is 2.01. The van der Waals surface area contributed by atoms with Gasteiger partial charge in [-0.15, -0.1) is 0 Å². The highest BCUT2D eigenvalue weighted by Crippen LogP contribution is 2.22. The van der Waals surface area contributed by atoms with Crippen LogP contribution < -0.4 is 5.32 Å². The van der Waals surface area contributed by atoms with Gasteiger partial charge in [-0.3, -0.25) is 4.79 Å². The molecule has 0 spiro atoms. The smallest absolute Gasteiger partial charge is 0.275 e. The fraction of sp³-hybridized carbons (Fsp3) is 0.389. The third-order valence-corrected chi connectivity index (χ3v) is 7.14. The Hall–Kier alpha value is -2.17. The molecule has 0 aliphatic rings. The van der Waals surface area contributed by atoms with Crippen LogP contribution in [0.1, 0.15) is 22.5 Å². The van der Waals surface area contributed by atoms with Crippen LogP contribution in [0, 0.1) is 20.8 Å². The second-order valence-corrected chi connectivity index (χ2v) is 11.0. The van der Waals surface area contributed by atoms with E-state index in [4.69, 9.17) is 4.42 Å². The molecule has 0 bridgehead atoms. The normalized spacial score (nSPS) is 12.4. The van der Waals surface area contributed by atoms with Gasteiger partial charge in [0.2, 0.25) is 11.0 Å². The van der Waals surface area contributed by atoms with Crippen molar-refractivity contribution in [3.05, 3.63) is 46.7 Å². The summed E-state index contributed by atoms with van der Waals surface area (Å²) in [7, 11) is -4.97. The monoisotopic (exact) mass is 428 g/mol. The molecule has 0 aliphatic carbocycles. The largest absolute Gasteiger partial charge is 0.447 e. The molecule has 2 aromatic rings. The summed E-state index contributed by atoms with van der Waals surface area (Å²) in [5, 5.41) is 2.29. The molecule has 0 atom stereocenters. The van der Waals surface area contributed by atoms with Crippen molar-refractivity contribution in [3.63, 3.8) is 0 Å². The number of hydrogen-bond donors (Lipinski definition) is 1. The molecule has 8 nitrogen and oxygen atoms in total. The van der Waals surface area contributed by atoms with Crippen LogP contribution in [0.3, 0.4) is 0 Å². The number of furan rings is 1. The Morgan fingerprint density at radius 1 is 1.04 bits per heavy atom. The van der Waals surface area contributed by atoms with Gasteiger partial charge in [0.1, 0.15) is 17.3 Å². The Morgan fingerprint density at radius 2 is 1.61 bits per heavy atom. The molecule has 0 saturated carbocycles. The highest BCUT2D eigenvalue weighted by Gasteiger charge is 2.25. The Morgan fingerprint density at radius 3 is 2.14 bits per heavy atom. The molecular formula is C18H24N2O6S2. The van der Waals surface area contributed by atoms with Crippen LogP contribution in [0.25, 0.3) is 0 Å². The van der Waals surface area contributed by atoms with Gasteiger partial charge in [0.05, 0.1) is 0 Å². The molecule has 2 rings (SSSR count). The molecule has 10 heteroatoms. The van der Waals surface area contributed by atoms with E-state index >= 15 is 0 Å². The number of sulfone groups is 1. The van der Waals surface area contributed by atoms with E-state index in [1.54, 1.807) is 0 Å². The van der Waals surface area contributed by atoms with Gasteiger partial charge in [-0.05, 0) is 44.0 Å². The van der Waals surface area contributed by atoms with Crippen LogP contribution in [-0.4, -0.2) is 46.9 Å².